The first-order valence-corrected chi connectivity index (χ1v) is 29.7. The number of aliphatic hydroxyl groups excluding tert-OH is 5. The summed E-state index contributed by atoms with van der Waals surface area (Å²) in [5, 5.41) is 54.7. The Morgan fingerprint density at radius 3 is 1.26 bits per heavy atom. The molecule has 1 saturated heterocycles. The molecule has 0 aliphatic carbocycles. The zero-order valence-corrected chi connectivity index (χ0v) is 45.1. The number of allylic oxidation sites excluding steroid dienone is 6. The number of hydrogen-bond acceptors (Lipinski definition) is 8. The van der Waals surface area contributed by atoms with Crippen LogP contribution in [0.15, 0.2) is 36.5 Å². The summed E-state index contributed by atoms with van der Waals surface area (Å²) in [5.41, 5.74) is 0. The van der Waals surface area contributed by atoms with E-state index in [0.717, 1.165) is 51.4 Å². The molecular weight excluding hydrogens is 863 g/mol. The first-order valence-electron chi connectivity index (χ1n) is 29.7. The number of rotatable bonds is 51. The molecule has 1 aliphatic rings. The fourth-order valence-corrected chi connectivity index (χ4v) is 9.52. The molecule has 1 fully saturated rings. The predicted octanol–water partition coefficient (Wildman–Crippen LogP) is 14.7. The molecule has 0 radical (unpaired) electrons. The van der Waals surface area contributed by atoms with Crippen LogP contribution in [0.2, 0.25) is 0 Å². The molecule has 0 aromatic rings. The number of unbranched alkanes of at least 4 members (excludes halogenated alkanes) is 35. The number of carbonyl (C=O) groups is 1. The van der Waals surface area contributed by atoms with Gasteiger partial charge < -0.3 is 40.3 Å². The van der Waals surface area contributed by atoms with Gasteiger partial charge in [0.15, 0.2) is 6.29 Å². The van der Waals surface area contributed by atoms with Crippen LogP contribution in [0.5, 0.6) is 0 Å². The molecule has 9 nitrogen and oxygen atoms in total. The highest BCUT2D eigenvalue weighted by Crippen LogP contribution is 2.23. The Morgan fingerprint density at radius 1 is 0.493 bits per heavy atom. The molecule has 69 heavy (non-hydrogen) atoms. The highest BCUT2D eigenvalue weighted by molar-refractivity contribution is 5.76. The largest absolute Gasteiger partial charge is 0.394 e. The van der Waals surface area contributed by atoms with E-state index < -0.39 is 49.5 Å². The van der Waals surface area contributed by atoms with Gasteiger partial charge in [0.1, 0.15) is 24.4 Å². The number of carbonyl (C=O) groups excluding carboxylic acids is 1. The lowest BCUT2D eigenvalue weighted by Gasteiger charge is -2.40. The Morgan fingerprint density at radius 2 is 0.855 bits per heavy atom. The normalized spacial score (nSPS) is 19.7. The predicted molar refractivity (Wildman–Crippen MR) is 290 cm³/mol. The standard InChI is InChI=1S/C60H113NO8/c1-3-5-7-9-11-13-15-17-19-21-22-23-24-25-26-27-28-29-30-31-32-34-36-38-40-42-44-46-48-50-56(64)61-53(52-68-60-59(67)58(66)57(65)55(51-62)69-60)54(63)49-47-45-43-41-39-37-35-33-20-18-16-14-12-10-8-6-4-2/h15,17,21-22,24-25,53-55,57-60,62-63,65-67H,3-14,16,18-20,23,26-52H2,1-2H3,(H,61,64)/b17-15-,22-21-,25-24-. The summed E-state index contributed by atoms with van der Waals surface area (Å²) in [6, 6.07) is -0.719. The Hall–Kier alpha value is -1.59. The van der Waals surface area contributed by atoms with E-state index in [1.807, 2.05) is 0 Å². The van der Waals surface area contributed by atoms with Gasteiger partial charge in [0, 0.05) is 6.42 Å². The van der Waals surface area contributed by atoms with Crippen LogP contribution in [-0.2, 0) is 14.3 Å². The number of aliphatic hydroxyl groups is 5. The fraction of sp³-hybridized carbons (Fsp3) is 0.883. The van der Waals surface area contributed by atoms with Crippen molar-refractivity contribution in [1.29, 1.82) is 0 Å². The average molecular weight is 977 g/mol. The molecule has 1 amide bonds. The van der Waals surface area contributed by atoms with Crippen LogP contribution in [0.25, 0.3) is 0 Å². The molecule has 7 atom stereocenters. The van der Waals surface area contributed by atoms with E-state index >= 15 is 0 Å². The molecule has 0 saturated carbocycles. The molecule has 0 spiro atoms. The molecule has 1 heterocycles. The van der Waals surface area contributed by atoms with Gasteiger partial charge in [0.05, 0.1) is 25.4 Å². The zero-order valence-electron chi connectivity index (χ0n) is 45.1. The van der Waals surface area contributed by atoms with Crippen molar-refractivity contribution in [2.75, 3.05) is 13.2 Å². The molecule has 1 aliphatic heterocycles. The molecule has 0 bridgehead atoms. The van der Waals surface area contributed by atoms with Crippen LogP contribution in [-0.4, -0.2) is 87.5 Å². The first-order chi connectivity index (χ1) is 33.8. The summed E-state index contributed by atoms with van der Waals surface area (Å²) in [5.74, 6) is -0.142. The Balaban J connectivity index is 2.16. The number of ether oxygens (including phenoxy) is 2. The maximum Gasteiger partial charge on any atom is 0.220 e. The third kappa shape index (κ3) is 39.6. The van der Waals surface area contributed by atoms with Gasteiger partial charge in [-0.05, 0) is 51.4 Å². The maximum atomic E-state index is 13.1. The second-order valence-electron chi connectivity index (χ2n) is 20.8. The minimum Gasteiger partial charge on any atom is -0.394 e. The summed E-state index contributed by atoms with van der Waals surface area (Å²) in [6.45, 7) is 3.85. The van der Waals surface area contributed by atoms with Crippen molar-refractivity contribution < 1.29 is 39.8 Å². The first kappa shape index (κ1) is 65.4. The van der Waals surface area contributed by atoms with E-state index in [4.69, 9.17) is 9.47 Å². The quantitative estimate of drug-likeness (QED) is 0.0261. The van der Waals surface area contributed by atoms with Crippen molar-refractivity contribution in [1.82, 2.24) is 5.32 Å². The zero-order chi connectivity index (χ0) is 50.1. The van der Waals surface area contributed by atoms with Crippen molar-refractivity contribution >= 4 is 5.91 Å². The van der Waals surface area contributed by atoms with Crippen LogP contribution in [0.1, 0.15) is 284 Å². The van der Waals surface area contributed by atoms with Crippen molar-refractivity contribution in [2.45, 2.75) is 326 Å². The molecule has 0 aromatic carbocycles. The van der Waals surface area contributed by atoms with E-state index in [9.17, 15) is 30.3 Å². The van der Waals surface area contributed by atoms with E-state index in [-0.39, 0.29) is 12.5 Å². The number of amides is 1. The monoisotopic (exact) mass is 976 g/mol. The maximum absolute atomic E-state index is 13.1. The Kier molecular flexibility index (Phi) is 47.4. The second kappa shape index (κ2) is 50.0. The topological polar surface area (TPSA) is 149 Å². The Labute approximate surface area is 425 Å². The van der Waals surface area contributed by atoms with Crippen LogP contribution in [0, 0.1) is 0 Å². The summed E-state index contributed by atoms with van der Waals surface area (Å²) >= 11 is 0. The van der Waals surface area contributed by atoms with Gasteiger partial charge in [-0.25, -0.2) is 0 Å². The van der Waals surface area contributed by atoms with Crippen LogP contribution in [0.4, 0.5) is 0 Å². The lowest BCUT2D eigenvalue weighted by atomic mass is 9.99. The third-order valence-electron chi connectivity index (χ3n) is 14.2. The van der Waals surface area contributed by atoms with Gasteiger partial charge in [-0.15, -0.1) is 0 Å². The molecule has 406 valence electrons. The third-order valence-corrected chi connectivity index (χ3v) is 14.2. The lowest BCUT2D eigenvalue weighted by Crippen LogP contribution is -2.60. The summed E-state index contributed by atoms with van der Waals surface area (Å²) in [6.07, 6.45) is 57.4. The van der Waals surface area contributed by atoms with Crippen molar-refractivity contribution in [3.63, 3.8) is 0 Å². The van der Waals surface area contributed by atoms with Crippen LogP contribution >= 0.6 is 0 Å². The lowest BCUT2D eigenvalue weighted by molar-refractivity contribution is -0.302. The van der Waals surface area contributed by atoms with E-state index in [1.165, 1.54) is 205 Å². The molecule has 9 heteroatoms. The highest BCUT2D eigenvalue weighted by Gasteiger charge is 2.44. The van der Waals surface area contributed by atoms with E-state index in [0.29, 0.717) is 12.8 Å². The van der Waals surface area contributed by atoms with Gasteiger partial charge in [-0.1, -0.05) is 262 Å². The van der Waals surface area contributed by atoms with Crippen molar-refractivity contribution in [3.05, 3.63) is 36.5 Å². The van der Waals surface area contributed by atoms with Gasteiger partial charge in [0.2, 0.25) is 5.91 Å². The van der Waals surface area contributed by atoms with E-state index in [2.05, 4.69) is 55.6 Å². The van der Waals surface area contributed by atoms with Crippen molar-refractivity contribution in [2.24, 2.45) is 0 Å². The van der Waals surface area contributed by atoms with Crippen LogP contribution in [0.3, 0.4) is 0 Å². The SMILES string of the molecule is CCCCCCC/C=C\C/C=C\C/C=C\CCCCCCCCCCCCCCCCC(=O)NC(COC1OC(CO)C(O)C(O)C1O)C(O)CCCCCCCCCCCCCCCCCCC. The highest BCUT2D eigenvalue weighted by atomic mass is 16.7. The average Bonchev–Trinajstić information content (AvgIpc) is 3.35. The fourth-order valence-electron chi connectivity index (χ4n) is 9.52. The summed E-state index contributed by atoms with van der Waals surface area (Å²) in [4.78, 5) is 13.1. The van der Waals surface area contributed by atoms with E-state index in [1.54, 1.807) is 0 Å². The molecule has 6 N–H and O–H groups in total. The minimum absolute atomic E-state index is 0.136. The summed E-state index contributed by atoms with van der Waals surface area (Å²) in [7, 11) is 0. The van der Waals surface area contributed by atoms with Gasteiger partial charge in [-0.2, -0.15) is 0 Å². The van der Waals surface area contributed by atoms with Gasteiger partial charge in [-0.3, -0.25) is 4.79 Å². The van der Waals surface area contributed by atoms with Gasteiger partial charge in [0.25, 0.3) is 0 Å². The molecular formula is C60H113NO8. The minimum atomic E-state index is -1.55. The Bertz CT molecular complexity index is 1180. The molecule has 1 rings (SSSR count). The van der Waals surface area contributed by atoms with Gasteiger partial charge >= 0.3 is 0 Å². The number of hydrogen-bond donors (Lipinski definition) is 6. The van der Waals surface area contributed by atoms with Crippen LogP contribution < -0.4 is 5.32 Å². The second-order valence-corrected chi connectivity index (χ2v) is 20.8. The number of nitrogens with one attached hydrogen (secondary N) is 1. The smallest absolute Gasteiger partial charge is 0.220 e. The molecule has 7 unspecified atom stereocenters. The summed E-state index contributed by atoms with van der Waals surface area (Å²) < 4.78 is 11.3. The van der Waals surface area contributed by atoms with Crippen molar-refractivity contribution in [3.8, 4) is 0 Å². The molecule has 0 aromatic heterocycles.